The normalized spacial score (nSPS) is 23.8. The van der Waals surface area contributed by atoms with Gasteiger partial charge >= 0.3 is 0 Å². The first-order valence-corrected chi connectivity index (χ1v) is 9.30. The van der Waals surface area contributed by atoms with Gasteiger partial charge in [-0.3, -0.25) is 4.90 Å². The summed E-state index contributed by atoms with van der Waals surface area (Å²) in [5, 5.41) is 0.516. The van der Waals surface area contributed by atoms with Crippen LogP contribution in [-0.2, 0) is 9.47 Å². The van der Waals surface area contributed by atoms with Crippen molar-refractivity contribution in [3.05, 3.63) is 40.7 Å². The molecule has 0 amide bonds. The van der Waals surface area contributed by atoms with Crippen molar-refractivity contribution in [2.45, 2.75) is 33.5 Å². The van der Waals surface area contributed by atoms with Crippen molar-refractivity contribution in [3.8, 4) is 11.4 Å². The number of benzene rings is 1. The summed E-state index contributed by atoms with van der Waals surface area (Å²) in [6.07, 6.45) is -0.243. The van der Waals surface area contributed by atoms with E-state index in [9.17, 15) is 0 Å². The SMILES string of the molecule is Cc1nc(-c2ccc(N3CCN(C4OC(C)O4)CC3)cc2)nc(Cl)c1C. The van der Waals surface area contributed by atoms with Gasteiger partial charge in [0.15, 0.2) is 12.1 Å². The summed E-state index contributed by atoms with van der Waals surface area (Å²) >= 11 is 6.20. The molecule has 2 aliphatic rings. The first-order valence-electron chi connectivity index (χ1n) is 8.92. The summed E-state index contributed by atoms with van der Waals surface area (Å²) in [6, 6.07) is 8.36. The van der Waals surface area contributed by atoms with Crippen LogP contribution in [0.3, 0.4) is 0 Å². The minimum absolute atomic E-state index is 0.0771. The van der Waals surface area contributed by atoms with Gasteiger partial charge in [0, 0.05) is 48.7 Å². The predicted molar refractivity (Wildman–Crippen MR) is 101 cm³/mol. The number of hydrogen-bond donors (Lipinski definition) is 0. The number of ether oxygens (including phenoxy) is 2. The van der Waals surface area contributed by atoms with Crippen LogP contribution in [0.15, 0.2) is 24.3 Å². The van der Waals surface area contributed by atoms with Crippen LogP contribution in [0.1, 0.15) is 18.2 Å². The van der Waals surface area contributed by atoms with Gasteiger partial charge in [0.2, 0.25) is 6.41 Å². The van der Waals surface area contributed by atoms with E-state index in [1.807, 2.05) is 20.8 Å². The summed E-state index contributed by atoms with van der Waals surface area (Å²) in [5.41, 5.74) is 4.02. The highest BCUT2D eigenvalue weighted by atomic mass is 35.5. The Bertz CT molecular complexity index is 762. The van der Waals surface area contributed by atoms with Crippen LogP contribution < -0.4 is 4.90 Å². The summed E-state index contributed by atoms with van der Waals surface area (Å²) < 4.78 is 11.1. The first-order chi connectivity index (χ1) is 12.5. The third-order valence-corrected chi connectivity index (χ3v) is 5.42. The van der Waals surface area contributed by atoms with E-state index in [-0.39, 0.29) is 12.7 Å². The van der Waals surface area contributed by atoms with Gasteiger partial charge in [0.05, 0.1) is 0 Å². The van der Waals surface area contributed by atoms with E-state index in [2.05, 4.69) is 44.0 Å². The molecule has 6 nitrogen and oxygen atoms in total. The van der Waals surface area contributed by atoms with Crippen molar-refractivity contribution >= 4 is 17.3 Å². The lowest BCUT2D eigenvalue weighted by Crippen LogP contribution is -2.57. The van der Waals surface area contributed by atoms with E-state index in [4.69, 9.17) is 21.1 Å². The molecule has 2 saturated heterocycles. The summed E-state index contributed by atoms with van der Waals surface area (Å²) in [4.78, 5) is 13.6. The fourth-order valence-corrected chi connectivity index (χ4v) is 3.46. The summed E-state index contributed by atoms with van der Waals surface area (Å²) in [7, 11) is 0. The van der Waals surface area contributed by atoms with Gasteiger partial charge in [-0.25, -0.2) is 9.97 Å². The molecule has 0 spiro atoms. The van der Waals surface area contributed by atoms with Crippen LogP contribution in [-0.4, -0.2) is 53.8 Å². The molecular formula is C19H23ClN4O2. The average Bonchev–Trinajstić information content (AvgIpc) is 2.63. The second-order valence-corrected chi connectivity index (χ2v) is 7.12. The molecule has 1 aromatic carbocycles. The van der Waals surface area contributed by atoms with Crippen molar-refractivity contribution in [1.82, 2.24) is 14.9 Å². The van der Waals surface area contributed by atoms with Crippen LogP contribution in [0.5, 0.6) is 0 Å². The van der Waals surface area contributed by atoms with Gasteiger partial charge in [-0.15, -0.1) is 0 Å². The maximum absolute atomic E-state index is 6.20. The molecule has 138 valence electrons. The van der Waals surface area contributed by atoms with Crippen molar-refractivity contribution in [3.63, 3.8) is 0 Å². The molecule has 2 fully saturated rings. The minimum atomic E-state index is -0.166. The number of aryl methyl sites for hydroxylation is 1. The molecule has 7 heteroatoms. The number of hydrogen-bond acceptors (Lipinski definition) is 6. The zero-order valence-electron chi connectivity index (χ0n) is 15.3. The lowest BCUT2D eigenvalue weighted by molar-refractivity contribution is -0.422. The molecule has 0 unspecified atom stereocenters. The fraction of sp³-hybridized carbons (Fsp3) is 0.474. The van der Waals surface area contributed by atoms with E-state index in [0.717, 1.165) is 43.0 Å². The summed E-state index contributed by atoms with van der Waals surface area (Å²) in [6.45, 7) is 9.55. The monoisotopic (exact) mass is 374 g/mol. The standard InChI is InChI=1S/C19H23ClN4O2/c1-12-13(2)21-18(22-17(12)20)15-4-6-16(7-5-15)23-8-10-24(11-9-23)19-25-14(3)26-19/h4-7,14,19H,8-11H2,1-3H3. The molecule has 0 bridgehead atoms. The summed E-state index contributed by atoms with van der Waals surface area (Å²) in [5.74, 6) is 0.669. The second kappa shape index (κ2) is 7.12. The fourth-order valence-electron chi connectivity index (χ4n) is 3.25. The maximum atomic E-state index is 6.20. The highest BCUT2D eigenvalue weighted by molar-refractivity contribution is 6.30. The lowest BCUT2D eigenvalue weighted by Gasteiger charge is -2.45. The topological polar surface area (TPSA) is 50.7 Å². The number of rotatable bonds is 3. The molecule has 0 saturated carbocycles. The van der Waals surface area contributed by atoms with E-state index in [0.29, 0.717) is 11.0 Å². The van der Waals surface area contributed by atoms with Gasteiger partial charge in [-0.1, -0.05) is 11.6 Å². The zero-order valence-corrected chi connectivity index (χ0v) is 16.0. The zero-order chi connectivity index (χ0) is 18.3. The van der Waals surface area contributed by atoms with Gasteiger partial charge < -0.3 is 14.4 Å². The number of halogens is 1. The molecule has 3 heterocycles. The highest BCUT2D eigenvalue weighted by Gasteiger charge is 2.34. The lowest BCUT2D eigenvalue weighted by atomic mass is 10.1. The van der Waals surface area contributed by atoms with Gasteiger partial charge in [-0.2, -0.15) is 0 Å². The number of aromatic nitrogens is 2. The van der Waals surface area contributed by atoms with Crippen LogP contribution in [0.2, 0.25) is 5.15 Å². The van der Waals surface area contributed by atoms with E-state index in [1.54, 1.807) is 0 Å². The molecule has 26 heavy (non-hydrogen) atoms. The quantitative estimate of drug-likeness (QED) is 0.769. The largest absolute Gasteiger partial charge is 0.369 e. The van der Waals surface area contributed by atoms with E-state index >= 15 is 0 Å². The Kier molecular flexibility index (Phi) is 4.84. The number of piperazine rings is 1. The van der Waals surface area contributed by atoms with Crippen LogP contribution >= 0.6 is 11.6 Å². The van der Waals surface area contributed by atoms with Crippen molar-refractivity contribution in [2.75, 3.05) is 31.1 Å². The Morgan fingerprint density at radius 1 is 1.00 bits per heavy atom. The number of nitrogens with zero attached hydrogens (tertiary/aromatic N) is 4. The first kappa shape index (κ1) is 17.7. The Morgan fingerprint density at radius 3 is 2.23 bits per heavy atom. The van der Waals surface area contributed by atoms with Gasteiger partial charge in [-0.05, 0) is 45.0 Å². The number of anilines is 1. The maximum Gasteiger partial charge on any atom is 0.223 e. The third-order valence-electron chi connectivity index (χ3n) is 5.05. The average molecular weight is 375 g/mol. The molecular weight excluding hydrogens is 352 g/mol. The molecule has 0 radical (unpaired) electrons. The molecule has 0 aliphatic carbocycles. The second-order valence-electron chi connectivity index (χ2n) is 6.77. The third kappa shape index (κ3) is 3.42. The van der Waals surface area contributed by atoms with Crippen molar-refractivity contribution in [1.29, 1.82) is 0 Å². The van der Waals surface area contributed by atoms with Crippen molar-refractivity contribution < 1.29 is 9.47 Å². The van der Waals surface area contributed by atoms with Crippen LogP contribution in [0.25, 0.3) is 11.4 Å². The molecule has 2 aromatic rings. The Balaban J connectivity index is 1.42. The molecule has 2 aliphatic heterocycles. The smallest absolute Gasteiger partial charge is 0.223 e. The Morgan fingerprint density at radius 2 is 1.65 bits per heavy atom. The molecule has 0 N–H and O–H groups in total. The molecule has 0 atom stereocenters. The van der Waals surface area contributed by atoms with Gasteiger partial charge in [0.25, 0.3) is 0 Å². The predicted octanol–water partition coefficient (Wildman–Crippen LogP) is 3.21. The Labute approximate surface area is 158 Å². The minimum Gasteiger partial charge on any atom is -0.369 e. The Hall–Kier alpha value is -1.73. The van der Waals surface area contributed by atoms with E-state index < -0.39 is 0 Å². The highest BCUT2D eigenvalue weighted by Crippen LogP contribution is 2.26. The molecule has 4 rings (SSSR count). The van der Waals surface area contributed by atoms with Gasteiger partial charge in [0.1, 0.15) is 5.15 Å². The van der Waals surface area contributed by atoms with E-state index in [1.165, 1.54) is 5.69 Å². The van der Waals surface area contributed by atoms with Crippen molar-refractivity contribution in [2.24, 2.45) is 0 Å². The van der Waals surface area contributed by atoms with Crippen LogP contribution in [0.4, 0.5) is 5.69 Å². The van der Waals surface area contributed by atoms with Crippen LogP contribution in [0, 0.1) is 13.8 Å². The molecule has 1 aromatic heterocycles.